The number of hydrogen-bond acceptors (Lipinski definition) is 3. The van der Waals surface area contributed by atoms with E-state index in [9.17, 15) is 14.7 Å². The first-order chi connectivity index (χ1) is 9.00. The third-order valence-corrected chi connectivity index (χ3v) is 4.75. The molecule has 1 aliphatic carbocycles. The predicted molar refractivity (Wildman–Crippen MR) is 71.3 cm³/mol. The summed E-state index contributed by atoms with van der Waals surface area (Å²) >= 11 is 0. The molecule has 19 heavy (non-hydrogen) atoms. The van der Waals surface area contributed by atoms with Crippen molar-refractivity contribution >= 4 is 11.8 Å². The van der Waals surface area contributed by atoms with Crippen LogP contribution in [0.2, 0.25) is 0 Å². The number of hydrogen-bond donors (Lipinski definition) is 3. The highest BCUT2D eigenvalue weighted by molar-refractivity contribution is 5.86. The Bertz CT molecular complexity index is 352. The van der Waals surface area contributed by atoms with Crippen LogP contribution in [-0.2, 0) is 9.59 Å². The van der Waals surface area contributed by atoms with Gasteiger partial charge in [-0.25, -0.2) is 0 Å². The molecule has 0 bridgehead atoms. The van der Waals surface area contributed by atoms with Gasteiger partial charge >= 0.3 is 0 Å². The summed E-state index contributed by atoms with van der Waals surface area (Å²) in [6, 6.07) is 0. The Morgan fingerprint density at radius 1 is 1.37 bits per heavy atom. The number of rotatable bonds is 4. The average molecular weight is 268 g/mol. The van der Waals surface area contributed by atoms with Crippen molar-refractivity contribution in [1.29, 1.82) is 0 Å². The average Bonchev–Trinajstić information content (AvgIpc) is 2.89. The van der Waals surface area contributed by atoms with Crippen molar-refractivity contribution in [2.75, 3.05) is 19.7 Å². The summed E-state index contributed by atoms with van der Waals surface area (Å²) in [5.74, 6) is 0.0140. The van der Waals surface area contributed by atoms with Crippen molar-refractivity contribution in [3.05, 3.63) is 0 Å². The van der Waals surface area contributed by atoms with Gasteiger partial charge in [-0.15, -0.1) is 0 Å². The first-order valence-electron chi connectivity index (χ1n) is 7.16. The Balaban J connectivity index is 1.88. The van der Waals surface area contributed by atoms with Crippen LogP contribution in [0.15, 0.2) is 0 Å². The molecular weight excluding hydrogens is 244 g/mol. The molecule has 108 valence electrons. The molecule has 1 saturated heterocycles. The van der Waals surface area contributed by atoms with Crippen molar-refractivity contribution in [3.8, 4) is 0 Å². The van der Waals surface area contributed by atoms with Crippen LogP contribution in [0.1, 0.15) is 45.4 Å². The van der Waals surface area contributed by atoms with Crippen LogP contribution in [0.5, 0.6) is 0 Å². The summed E-state index contributed by atoms with van der Waals surface area (Å²) in [5.41, 5.74) is -0.632. The Labute approximate surface area is 114 Å². The SMILES string of the molecule is CC1(C(=O)NCC2(CO)CCCC2)CCC(=O)NC1. The fourth-order valence-corrected chi connectivity index (χ4v) is 3.05. The van der Waals surface area contributed by atoms with Crippen LogP contribution >= 0.6 is 0 Å². The molecule has 0 aromatic heterocycles. The quantitative estimate of drug-likeness (QED) is 0.697. The van der Waals surface area contributed by atoms with E-state index in [0.717, 1.165) is 25.7 Å². The lowest BCUT2D eigenvalue weighted by Crippen LogP contribution is -2.52. The van der Waals surface area contributed by atoms with E-state index in [1.165, 1.54) is 0 Å². The largest absolute Gasteiger partial charge is 0.396 e. The van der Waals surface area contributed by atoms with E-state index >= 15 is 0 Å². The first-order valence-corrected chi connectivity index (χ1v) is 7.16. The molecular formula is C14H24N2O3. The van der Waals surface area contributed by atoms with Gasteiger partial charge in [0.15, 0.2) is 0 Å². The molecule has 5 nitrogen and oxygen atoms in total. The zero-order valence-corrected chi connectivity index (χ0v) is 11.6. The maximum absolute atomic E-state index is 12.3. The van der Waals surface area contributed by atoms with Crippen LogP contribution in [0, 0.1) is 10.8 Å². The van der Waals surface area contributed by atoms with Crippen LogP contribution in [0.25, 0.3) is 0 Å². The second-order valence-electron chi connectivity index (χ2n) is 6.39. The van der Waals surface area contributed by atoms with E-state index in [4.69, 9.17) is 0 Å². The minimum Gasteiger partial charge on any atom is -0.396 e. The number of carbonyl (C=O) groups excluding carboxylic acids is 2. The normalized spacial score (nSPS) is 29.9. The zero-order chi connectivity index (χ0) is 13.9. The van der Waals surface area contributed by atoms with Crippen LogP contribution in [0.3, 0.4) is 0 Å². The van der Waals surface area contributed by atoms with Crippen molar-refractivity contribution < 1.29 is 14.7 Å². The Kier molecular flexibility index (Phi) is 4.13. The third kappa shape index (κ3) is 3.08. The summed E-state index contributed by atoms with van der Waals surface area (Å²) in [6.07, 6.45) is 5.23. The Morgan fingerprint density at radius 2 is 2.05 bits per heavy atom. The lowest BCUT2D eigenvalue weighted by atomic mass is 9.80. The van der Waals surface area contributed by atoms with Crippen LogP contribution in [0.4, 0.5) is 0 Å². The lowest BCUT2D eigenvalue weighted by molar-refractivity contribution is -0.135. The van der Waals surface area contributed by atoms with Gasteiger partial charge in [-0.3, -0.25) is 9.59 Å². The van der Waals surface area contributed by atoms with E-state index in [-0.39, 0.29) is 23.8 Å². The monoisotopic (exact) mass is 268 g/mol. The van der Waals surface area contributed by atoms with Crippen molar-refractivity contribution in [2.45, 2.75) is 45.4 Å². The van der Waals surface area contributed by atoms with Gasteiger partial charge in [0, 0.05) is 24.9 Å². The molecule has 1 unspecified atom stereocenters. The highest BCUT2D eigenvalue weighted by atomic mass is 16.3. The summed E-state index contributed by atoms with van der Waals surface area (Å²) in [6.45, 7) is 2.98. The fraction of sp³-hybridized carbons (Fsp3) is 0.857. The molecule has 2 fully saturated rings. The first kappa shape index (κ1) is 14.3. The van der Waals surface area contributed by atoms with E-state index in [1.807, 2.05) is 6.92 Å². The van der Waals surface area contributed by atoms with Gasteiger partial charge in [-0.05, 0) is 26.2 Å². The maximum atomic E-state index is 12.3. The van der Waals surface area contributed by atoms with Crippen molar-refractivity contribution in [1.82, 2.24) is 10.6 Å². The lowest BCUT2D eigenvalue weighted by Gasteiger charge is -2.34. The molecule has 0 aromatic rings. The Hall–Kier alpha value is -1.10. The van der Waals surface area contributed by atoms with Gasteiger partial charge in [-0.2, -0.15) is 0 Å². The van der Waals surface area contributed by atoms with Gasteiger partial charge in [0.25, 0.3) is 0 Å². The highest BCUT2D eigenvalue weighted by Crippen LogP contribution is 2.37. The van der Waals surface area contributed by atoms with Gasteiger partial charge in [0.05, 0.1) is 12.0 Å². The smallest absolute Gasteiger partial charge is 0.227 e. The van der Waals surface area contributed by atoms with Gasteiger partial charge in [0.1, 0.15) is 0 Å². The van der Waals surface area contributed by atoms with E-state index in [2.05, 4.69) is 10.6 Å². The molecule has 2 aliphatic rings. The third-order valence-electron chi connectivity index (χ3n) is 4.75. The van der Waals surface area contributed by atoms with E-state index in [0.29, 0.717) is 25.9 Å². The van der Waals surface area contributed by atoms with Crippen LogP contribution in [-0.4, -0.2) is 36.6 Å². The number of carbonyl (C=O) groups is 2. The number of amides is 2. The molecule has 2 rings (SSSR count). The van der Waals surface area contributed by atoms with E-state index < -0.39 is 5.41 Å². The highest BCUT2D eigenvalue weighted by Gasteiger charge is 2.39. The molecule has 0 aromatic carbocycles. The molecule has 0 radical (unpaired) electrons. The topological polar surface area (TPSA) is 78.4 Å². The molecule has 1 atom stereocenters. The Morgan fingerprint density at radius 3 is 2.58 bits per heavy atom. The van der Waals surface area contributed by atoms with E-state index in [1.54, 1.807) is 0 Å². The summed E-state index contributed by atoms with van der Waals surface area (Å²) in [5, 5.41) is 15.3. The number of aliphatic hydroxyl groups excluding tert-OH is 1. The number of piperidine rings is 1. The second kappa shape index (κ2) is 5.49. The van der Waals surface area contributed by atoms with Gasteiger partial charge < -0.3 is 15.7 Å². The molecule has 3 N–H and O–H groups in total. The molecule has 2 amide bonds. The molecule has 1 aliphatic heterocycles. The van der Waals surface area contributed by atoms with Crippen molar-refractivity contribution in [2.24, 2.45) is 10.8 Å². The number of nitrogens with one attached hydrogen (secondary N) is 2. The minimum absolute atomic E-state index is 0.00720. The van der Waals surface area contributed by atoms with Gasteiger partial charge in [-0.1, -0.05) is 12.8 Å². The minimum atomic E-state index is -0.511. The summed E-state index contributed by atoms with van der Waals surface area (Å²) < 4.78 is 0. The summed E-state index contributed by atoms with van der Waals surface area (Å²) in [4.78, 5) is 23.5. The molecule has 0 spiro atoms. The molecule has 5 heteroatoms. The number of aliphatic hydroxyl groups is 1. The maximum Gasteiger partial charge on any atom is 0.227 e. The van der Waals surface area contributed by atoms with Crippen LogP contribution < -0.4 is 10.6 Å². The van der Waals surface area contributed by atoms with Crippen molar-refractivity contribution in [3.63, 3.8) is 0 Å². The summed E-state index contributed by atoms with van der Waals surface area (Å²) in [7, 11) is 0. The molecule has 1 saturated carbocycles. The zero-order valence-electron chi connectivity index (χ0n) is 11.6. The molecule has 1 heterocycles. The fourth-order valence-electron chi connectivity index (χ4n) is 3.05. The van der Waals surface area contributed by atoms with Gasteiger partial charge in [0.2, 0.25) is 11.8 Å². The predicted octanol–water partition coefficient (Wildman–Crippen LogP) is 0.572. The standard InChI is InChI=1S/C14H24N2O3/c1-13(7-4-11(18)15-8-13)12(19)16-9-14(10-17)5-2-3-6-14/h17H,2-10H2,1H3,(H,15,18)(H,16,19). The second-order valence-corrected chi connectivity index (χ2v) is 6.39.